The lowest BCUT2D eigenvalue weighted by Crippen LogP contribution is -2.33. The van der Waals surface area contributed by atoms with Gasteiger partial charge >= 0.3 is 5.97 Å². The van der Waals surface area contributed by atoms with Gasteiger partial charge in [0.05, 0.1) is 5.56 Å². The minimum atomic E-state index is -0.866. The monoisotopic (exact) mass is 290 g/mol. The Morgan fingerprint density at radius 1 is 1.43 bits per heavy atom. The molecule has 1 saturated heterocycles. The topological polar surface area (TPSA) is 61.4 Å². The molecule has 1 aromatic carbocycles. The highest BCUT2D eigenvalue weighted by atomic mass is 16.4. The van der Waals surface area contributed by atoms with Gasteiger partial charge in [-0.15, -0.1) is 0 Å². The van der Waals surface area contributed by atoms with Crippen LogP contribution in [0.1, 0.15) is 54.9 Å². The summed E-state index contributed by atoms with van der Waals surface area (Å²) in [4.78, 5) is 11.2. The van der Waals surface area contributed by atoms with Gasteiger partial charge in [-0.1, -0.05) is 18.9 Å². The Labute approximate surface area is 126 Å². The zero-order valence-corrected chi connectivity index (χ0v) is 13.0. The molecule has 4 heteroatoms. The molecule has 3 N–H and O–H groups in total. The Morgan fingerprint density at radius 2 is 2.24 bits per heavy atom. The van der Waals surface area contributed by atoms with E-state index in [1.165, 1.54) is 25.7 Å². The van der Waals surface area contributed by atoms with Crippen molar-refractivity contribution in [3.8, 4) is 0 Å². The van der Waals surface area contributed by atoms with Crippen molar-refractivity contribution in [2.45, 2.75) is 58.0 Å². The molecule has 21 heavy (non-hydrogen) atoms. The van der Waals surface area contributed by atoms with E-state index in [1.54, 1.807) is 12.1 Å². The number of aromatic carboxylic acids is 1. The zero-order valence-electron chi connectivity index (χ0n) is 13.0. The number of hydrogen-bond acceptors (Lipinski definition) is 3. The van der Waals surface area contributed by atoms with E-state index in [-0.39, 0.29) is 0 Å². The largest absolute Gasteiger partial charge is 0.478 e. The lowest BCUT2D eigenvalue weighted by molar-refractivity contribution is 0.0696. The second-order valence-electron chi connectivity index (χ2n) is 6.06. The van der Waals surface area contributed by atoms with Gasteiger partial charge in [0.25, 0.3) is 0 Å². The van der Waals surface area contributed by atoms with E-state index >= 15 is 0 Å². The molecule has 0 radical (unpaired) electrons. The van der Waals surface area contributed by atoms with Crippen molar-refractivity contribution in [2.75, 3.05) is 11.9 Å². The minimum absolute atomic E-state index is 0.323. The molecule has 1 heterocycles. The predicted molar refractivity (Wildman–Crippen MR) is 86.1 cm³/mol. The van der Waals surface area contributed by atoms with Crippen molar-refractivity contribution >= 4 is 11.7 Å². The van der Waals surface area contributed by atoms with Gasteiger partial charge in [-0.3, -0.25) is 0 Å². The highest BCUT2D eigenvalue weighted by Gasteiger charge is 2.16. The van der Waals surface area contributed by atoms with Crippen molar-refractivity contribution in [3.63, 3.8) is 0 Å². The van der Waals surface area contributed by atoms with Gasteiger partial charge in [0.2, 0.25) is 0 Å². The van der Waals surface area contributed by atoms with Crippen molar-refractivity contribution in [2.24, 2.45) is 0 Å². The van der Waals surface area contributed by atoms with Crippen molar-refractivity contribution < 1.29 is 9.90 Å². The van der Waals surface area contributed by atoms with E-state index in [0.29, 0.717) is 17.6 Å². The zero-order chi connectivity index (χ0) is 15.2. The van der Waals surface area contributed by atoms with Crippen molar-refractivity contribution in [1.82, 2.24) is 5.32 Å². The van der Waals surface area contributed by atoms with Crippen LogP contribution < -0.4 is 10.6 Å². The van der Waals surface area contributed by atoms with Crippen LogP contribution in [-0.4, -0.2) is 29.7 Å². The van der Waals surface area contributed by atoms with Gasteiger partial charge in [0.1, 0.15) is 0 Å². The average Bonchev–Trinajstić information content (AvgIpc) is 2.69. The first-order valence-electron chi connectivity index (χ1n) is 7.90. The first-order chi connectivity index (χ1) is 10.1. The van der Waals surface area contributed by atoms with E-state index in [9.17, 15) is 9.90 Å². The van der Waals surface area contributed by atoms with Crippen molar-refractivity contribution in [3.05, 3.63) is 29.3 Å². The second kappa shape index (κ2) is 7.46. The first kappa shape index (κ1) is 15.8. The van der Waals surface area contributed by atoms with Crippen LogP contribution in [0.5, 0.6) is 0 Å². The summed E-state index contributed by atoms with van der Waals surface area (Å²) in [7, 11) is 0. The molecule has 116 valence electrons. The molecule has 0 bridgehead atoms. The summed E-state index contributed by atoms with van der Waals surface area (Å²) in [6.45, 7) is 5.15. The molecule has 2 rings (SSSR count). The van der Waals surface area contributed by atoms with Gasteiger partial charge in [0, 0.05) is 17.8 Å². The third-order valence-electron chi connectivity index (χ3n) is 4.27. The molecule has 4 nitrogen and oxygen atoms in total. The van der Waals surface area contributed by atoms with Crippen molar-refractivity contribution in [1.29, 1.82) is 0 Å². The maximum atomic E-state index is 11.2. The molecule has 1 aliphatic rings. The predicted octanol–water partition coefficient (Wildman–Crippen LogP) is 3.42. The van der Waals surface area contributed by atoms with Gasteiger partial charge < -0.3 is 15.7 Å². The molecule has 0 aromatic heterocycles. The number of nitrogens with one attached hydrogen (secondary N) is 2. The number of carboxylic acids is 1. The van der Waals surface area contributed by atoms with Crippen LogP contribution in [-0.2, 0) is 0 Å². The molecule has 1 aliphatic heterocycles. The third kappa shape index (κ3) is 4.46. The highest BCUT2D eigenvalue weighted by molar-refractivity contribution is 5.91. The summed E-state index contributed by atoms with van der Waals surface area (Å²) in [6, 6.07) is 6.30. The fourth-order valence-electron chi connectivity index (χ4n) is 3.08. The van der Waals surface area contributed by atoms with Crippen LogP contribution in [0.2, 0.25) is 0 Å². The lowest BCUT2D eigenvalue weighted by atomic mass is 10.0. The van der Waals surface area contributed by atoms with Gasteiger partial charge in [-0.2, -0.15) is 0 Å². The number of hydrogen-bond donors (Lipinski definition) is 3. The fraction of sp³-hybridized carbons (Fsp3) is 0.588. The standard InChI is InChI=1S/C17H26N2O2/c1-12(11-14-7-4-3-5-10-18-14)19-16-9-6-8-15(13(16)2)17(20)21/h6,8-9,12,14,18-19H,3-5,7,10-11H2,1-2H3,(H,20,21). The molecule has 1 aromatic rings. The number of anilines is 1. The SMILES string of the molecule is Cc1c(NC(C)CC2CCCCCN2)cccc1C(=O)O. The molecule has 2 atom stereocenters. The molecular weight excluding hydrogens is 264 g/mol. The molecule has 2 unspecified atom stereocenters. The summed E-state index contributed by atoms with van der Waals surface area (Å²) >= 11 is 0. The maximum absolute atomic E-state index is 11.2. The summed E-state index contributed by atoms with van der Waals surface area (Å²) in [5, 5.41) is 16.3. The van der Waals surface area contributed by atoms with Crippen LogP contribution in [0.25, 0.3) is 0 Å². The summed E-state index contributed by atoms with van der Waals surface area (Å²) in [6.07, 6.45) is 6.21. The van der Waals surface area contributed by atoms with E-state index in [2.05, 4.69) is 17.6 Å². The Bertz CT molecular complexity index is 480. The Hall–Kier alpha value is -1.55. The smallest absolute Gasteiger partial charge is 0.336 e. The second-order valence-corrected chi connectivity index (χ2v) is 6.06. The summed E-state index contributed by atoms with van der Waals surface area (Å²) < 4.78 is 0. The van der Waals surface area contributed by atoms with Crippen LogP contribution >= 0.6 is 0 Å². The molecule has 1 fully saturated rings. The summed E-state index contributed by atoms with van der Waals surface area (Å²) in [5.74, 6) is -0.866. The molecule has 0 amide bonds. The molecule has 0 aliphatic carbocycles. The van der Waals surface area contributed by atoms with E-state index in [4.69, 9.17) is 0 Å². The Morgan fingerprint density at radius 3 is 3.00 bits per heavy atom. The molecule has 0 spiro atoms. The fourth-order valence-corrected chi connectivity index (χ4v) is 3.08. The maximum Gasteiger partial charge on any atom is 0.336 e. The van der Waals surface area contributed by atoms with Gasteiger partial charge in [0.15, 0.2) is 0 Å². The van der Waals surface area contributed by atoms with Crippen LogP contribution in [0, 0.1) is 6.92 Å². The van der Waals surface area contributed by atoms with E-state index < -0.39 is 5.97 Å². The molecule has 0 saturated carbocycles. The number of carbonyl (C=O) groups is 1. The lowest BCUT2D eigenvalue weighted by Gasteiger charge is -2.23. The van der Waals surface area contributed by atoms with Gasteiger partial charge in [-0.05, 0) is 57.4 Å². The Balaban J connectivity index is 1.97. The molecular formula is C17H26N2O2. The average molecular weight is 290 g/mol. The number of benzene rings is 1. The van der Waals surface area contributed by atoms with Crippen LogP contribution in [0.3, 0.4) is 0 Å². The minimum Gasteiger partial charge on any atom is -0.478 e. The van der Waals surface area contributed by atoms with E-state index in [1.807, 2.05) is 13.0 Å². The van der Waals surface area contributed by atoms with Gasteiger partial charge in [-0.25, -0.2) is 4.79 Å². The summed E-state index contributed by atoms with van der Waals surface area (Å²) in [5.41, 5.74) is 2.11. The van der Waals surface area contributed by atoms with E-state index in [0.717, 1.165) is 24.2 Å². The number of rotatable bonds is 5. The Kier molecular flexibility index (Phi) is 5.62. The normalized spacial score (nSPS) is 20.6. The van der Waals surface area contributed by atoms with Crippen LogP contribution in [0.15, 0.2) is 18.2 Å². The third-order valence-corrected chi connectivity index (χ3v) is 4.27. The number of carboxylic acid groups (broad SMARTS) is 1. The van der Waals surface area contributed by atoms with Crippen LogP contribution in [0.4, 0.5) is 5.69 Å². The highest BCUT2D eigenvalue weighted by Crippen LogP contribution is 2.21. The quantitative estimate of drug-likeness (QED) is 0.777. The first-order valence-corrected chi connectivity index (χ1v) is 7.90.